The summed E-state index contributed by atoms with van der Waals surface area (Å²) in [6.45, 7) is 8.76. The van der Waals surface area contributed by atoms with Crippen molar-refractivity contribution in [2.45, 2.75) is 71.8 Å². The number of ketones is 1. The van der Waals surface area contributed by atoms with E-state index in [9.17, 15) is 4.79 Å². The van der Waals surface area contributed by atoms with E-state index < -0.39 is 5.60 Å². The van der Waals surface area contributed by atoms with E-state index in [1.807, 2.05) is 0 Å². The van der Waals surface area contributed by atoms with Gasteiger partial charge < -0.3 is 4.74 Å². The third-order valence-corrected chi connectivity index (χ3v) is 4.21. The minimum Gasteiger partial charge on any atom is -0.370 e. The first-order chi connectivity index (χ1) is 7.88. The molecule has 1 aliphatic rings. The Labute approximate surface area is 106 Å². The molecule has 0 heterocycles. The number of ether oxygens (including phenoxy) is 1. The highest BCUT2D eigenvalue weighted by molar-refractivity contribution is 5.88. The topological polar surface area (TPSA) is 26.3 Å². The van der Waals surface area contributed by atoms with Crippen molar-refractivity contribution in [2.75, 3.05) is 7.11 Å². The van der Waals surface area contributed by atoms with Gasteiger partial charge in [0.15, 0.2) is 5.78 Å². The standard InChI is InChI=1S/C15H28O2/c1-6-9-13(16)15(17-5)11-8-7-10-12(15)14(2,3)4/h12H,6-11H2,1-5H3. The molecule has 2 nitrogen and oxygen atoms in total. The van der Waals surface area contributed by atoms with Crippen LogP contribution in [0.15, 0.2) is 0 Å². The molecule has 1 fully saturated rings. The second kappa shape index (κ2) is 5.51. The molecule has 0 radical (unpaired) electrons. The van der Waals surface area contributed by atoms with Crippen LogP contribution < -0.4 is 0 Å². The summed E-state index contributed by atoms with van der Waals surface area (Å²) in [5, 5.41) is 0. The number of hydrogen-bond donors (Lipinski definition) is 0. The highest BCUT2D eigenvalue weighted by Crippen LogP contribution is 2.47. The van der Waals surface area contributed by atoms with Crippen LogP contribution in [0.4, 0.5) is 0 Å². The number of Topliss-reactive ketones (excluding diaryl/α,β-unsaturated/α-hetero) is 1. The minimum absolute atomic E-state index is 0.139. The van der Waals surface area contributed by atoms with Crippen LogP contribution in [-0.4, -0.2) is 18.5 Å². The first-order valence-corrected chi connectivity index (χ1v) is 6.97. The Balaban J connectivity index is 3.03. The van der Waals surface area contributed by atoms with Crippen LogP contribution in [-0.2, 0) is 9.53 Å². The zero-order valence-corrected chi connectivity index (χ0v) is 12.1. The molecule has 0 aromatic heterocycles. The van der Waals surface area contributed by atoms with Gasteiger partial charge >= 0.3 is 0 Å². The van der Waals surface area contributed by atoms with E-state index in [-0.39, 0.29) is 5.41 Å². The van der Waals surface area contributed by atoms with Crippen LogP contribution in [0.1, 0.15) is 66.2 Å². The van der Waals surface area contributed by atoms with E-state index in [2.05, 4.69) is 27.7 Å². The molecule has 0 N–H and O–H groups in total. The maximum absolute atomic E-state index is 12.5. The molecule has 0 bridgehead atoms. The average molecular weight is 240 g/mol. The first-order valence-electron chi connectivity index (χ1n) is 6.97. The third-order valence-electron chi connectivity index (χ3n) is 4.21. The fourth-order valence-electron chi connectivity index (χ4n) is 3.41. The zero-order chi connectivity index (χ0) is 13.1. The normalized spacial score (nSPS) is 30.3. The predicted molar refractivity (Wildman–Crippen MR) is 71.1 cm³/mol. The molecule has 0 aromatic rings. The molecule has 1 rings (SSSR count). The lowest BCUT2D eigenvalue weighted by Crippen LogP contribution is -2.53. The number of hydrogen-bond acceptors (Lipinski definition) is 2. The van der Waals surface area contributed by atoms with Crippen molar-refractivity contribution < 1.29 is 9.53 Å². The number of rotatable bonds is 4. The molecule has 2 heteroatoms. The Morgan fingerprint density at radius 1 is 1.35 bits per heavy atom. The molecular weight excluding hydrogens is 212 g/mol. The molecule has 0 saturated heterocycles. The molecule has 17 heavy (non-hydrogen) atoms. The highest BCUT2D eigenvalue weighted by atomic mass is 16.5. The van der Waals surface area contributed by atoms with E-state index >= 15 is 0 Å². The fourth-order valence-corrected chi connectivity index (χ4v) is 3.41. The Bertz CT molecular complexity index is 265. The summed E-state index contributed by atoms with van der Waals surface area (Å²) in [6.07, 6.45) is 5.95. The zero-order valence-electron chi connectivity index (χ0n) is 12.1. The Morgan fingerprint density at radius 2 is 2.00 bits per heavy atom. The van der Waals surface area contributed by atoms with Gasteiger partial charge in [-0.25, -0.2) is 0 Å². The van der Waals surface area contributed by atoms with Crippen molar-refractivity contribution in [3.05, 3.63) is 0 Å². The van der Waals surface area contributed by atoms with Gasteiger partial charge in [0.05, 0.1) is 0 Å². The van der Waals surface area contributed by atoms with Gasteiger partial charge in [-0.05, 0) is 30.6 Å². The average Bonchev–Trinajstić information content (AvgIpc) is 2.28. The molecular formula is C15H28O2. The van der Waals surface area contributed by atoms with Crippen LogP contribution in [0, 0.1) is 11.3 Å². The highest BCUT2D eigenvalue weighted by Gasteiger charge is 2.50. The summed E-state index contributed by atoms with van der Waals surface area (Å²) in [5.41, 5.74) is -0.369. The van der Waals surface area contributed by atoms with E-state index in [4.69, 9.17) is 4.74 Å². The number of carbonyl (C=O) groups excluding carboxylic acids is 1. The van der Waals surface area contributed by atoms with Crippen molar-refractivity contribution >= 4 is 5.78 Å². The van der Waals surface area contributed by atoms with Gasteiger partial charge in [-0.1, -0.05) is 40.5 Å². The molecule has 0 spiro atoms. The quantitative estimate of drug-likeness (QED) is 0.743. The van der Waals surface area contributed by atoms with E-state index in [0.717, 1.165) is 25.7 Å². The molecule has 2 unspecified atom stereocenters. The maximum Gasteiger partial charge on any atom is 0.164 e. The summed E-state index contributed by atoms with van der Waals surface area (Å²) in [6, 6.07) is 0. The van der Waals surface area contributed by atoms with Crippen LogP contribution in [0.5, 0.6) is 0 Å². The van der Waals surface area contributed by atoms with E-state index in [0.29, 0.717) is 18.1 Å². The third kappa shape index (κ3) is 2.90. The van der Waals surface area contributed by atoms with Gasteiger partial charge in [-0.3, -0.25) is 4.79 Å². The van der Waals surface area contributed by atoms with Gasteiger partial charge in [0.2, 0.25) is 0 Å². The van der Waals surface area contributed by atoms with Crippen molar-refractivity contribution in [1.82, 2.24) is 0 Å². The van der Waals surface area contributed by atoms with Gasteiger partial charge in [0, 0.05) is 13.5 Å². The van der Waals surface area contributed by atoms with Crippen LogP contribution in [0.3, 0.4) is 0 Å². The van der Waals surface area contributed by atoms with Crippen LogP contribution in [0.25, 0.3) is 0 Å². The summed E-state index contributed by atoms with van der Waals surface area (Å²) in [7, 11) is 1.72. The number of carbonyl (C=O) groups is 1. The van der Waals surface area contributed by atoms with E-state index in [1.165, 1.54) is 6.42 Å². The lowest BCUT2D eigenvalue weighted by atomic mass is 9.62. The van der Waals surface area contributed by atoms with Gasteiger partial charge in [0.1, 0.15) is 5.60 Å². The Kier molecular flexibility index (Phi) is 4.77. The molecule has 1 saturated carbocycles. The second-order valence-corrected chi connectivity index (χ2v) is 6.43. The van der Waals surface area contributed by atoms with E-state index in [1.54, 1.807) is 7.11 Å². The lowest BCUT2D eigenvalue weighted by Gasteiger charge is -2.48. The second-order valence-electron chi connectivity index (χ2n) is 6.43. The first kappa shape index (κ1) is 14.7. The lowest BCUT2D eigenvalue weighted by molar-refractivity contribution is -0.162. The monoisotopic (exact) mass is 240 g/mol. The number of methoxy groups -OCH3 is 1. The summed E-state index contributed by atoms with van der Waals surface area (Å²) >= 11 is 0. The van der Waals surface area contributed by atoms with Crippen molar-refractivity contribution in [2.24, 2.45) is 11.3 Å². The summed E-state index contributed by atoms with van der Waals surface area (Å²) < 4.78 is 5.78. The SMILES string of the molecule is CCCC(=O)C1(OC)CCCCC1C(C)(C)C. The van der Waals surface area contributed by atoms with Gasteiger partial charge in [0.25, 0.3) is 0 Å². The molecule has 0 aliphatic heterocycles. The molecule has 0 amide bonds. The maximum atomic E-state index is 12.5. The summed E-state index contributed by atoms with van der Waals surface area (Å²) in [5.74, 6) is 0.676. The molecule has 100 valence electrons. The Morgan fingerprint density at radius 3 is 2.47 bits per heavy atom. The van der Waals surface area contributed by atoms with Crippen molar-refractivity contribution in [1.29, 1.82) is 0 Å². The smallest absolute Gasteiger partial charge is 0.164 e. The predicted octanol–water partition coefficient (Wildman–Crippen LogP) is 3.98. The van der Waals surface area contributed by atoms with Crippen LogP contribution in [0.2, 0.25) is 0 Å². The van der Waals surface area contributed by atoms with Crippen molar-refractivity contribution in [3.8, 4) is 0 Å². The molecule has 2 atom stereocenters. The fraction of sp³-hybridized carbons (Fsp3) is 0.933. The van der Waals surface area contributed by atoms with Gasteiger partial charge in [-0.15, -0.1) is 0 Å². The summed E-state index contributed by atoms with van der Waals surface area (Å²) in [4.78, 5) is 12.5. The largest absolute Gasteiger partial charge is 0.370 e. The van der Waals surface area contributed by atoms with Crippen LogP contribution >= 0.6 is 0 Å². The Hall–Kier alpha value is -0.370. The molecule has 1 aliphatic carbocycles. The molecule has 0 aromatic carbocycles. The minimum atomic E-state index is -0.507. The van der Waals surface area contributed by atoms with Gasteiger partial charge in [-0.2, -0.15) is 0 Å². The van der Waals surface area contributed by atoms with Crippen molar-refractivity contribution in [3.63, 3.8) is 0 Å².